The number of benzene rings is 1. The minimum Gasteiger partial charge on any atom is -0.349 e. The van der Waals surface area contributed by atoms with Gasteiger partial charge in [-0.1, -0.05) is 58.9 Å². The van der Waals surface area contributed by atoms with Crippen molar-refractivity contribution in [2.75, 3.05) is 6.54 Å². The number of nitrogens with two attached hydrogens (primary N) is 1. The van der Waals surface area contributed by atoms with Crippen LogP contribution < -0.4 is 11.1 Å². The van der Waals surface area contributed by atoms with Crippen molar-refractivity contribution in [3.05, 3.63) is 35.4 Å². The lowest BCUT2D eigenvalue weighted by Gasteiger charge is -2.23. The first-order chi connectivity index (χ1) is 9.66. The maximum atomic E-state index is 12.2. The molecule has 1 rings (SSSR count). The van der Waals surface area contributed by atoms with Gasteiger partial charge >= 0.3 is 0 Å². The topological polar surface area (TPSA) is 55.1 Å². The van der Waals surface area contributed by atoms with E-state index in [9.17, 15) is 4.79 Å². The van der Waals surface area contributed by atoms with E-state index >= 15 is 0 Å². The maximum absolute atomic E-state index is 12.2. The van der Waals surface area contributed by atoms with Gasteiger partial charge in [0.15, 0.2) is 0 Å². The molecule has 3 nitrogen and oxygen atoms in total. The molecule has 3 heteroatoms. The highest BCUT2D eigenvalue weighted by molar-refractivity contribution is 5.79. The van der Waals surface area contributed by atoms with Crippen molar-refractivity contribution in [1.29, 1.82) is 0 Å². The van der Waals surface area contributed by atoms with Crippen LogP contribution in [0.5, 0.6) is 0 Å². The van der Waals surface area contributed by atoms with E-state index < -0.39 is 0 Å². The van der Waals surface area contributed by atoms with Gasteiger partial charge < -0.3 is 11.1 Å². The molecule has 0 spiro atoms. The molecule has 0 aromatic heterocycles. The number of amides is 1. The molecule has 0 heterocycles. The lowest BCUT2D eigenvalue weighted by atomic mass is 9.86. The zero-order valence-corrected chi connectivity index (χ0v) is 14.2. The fourth-order valence-electron chi connectivity index (χ4n) is 2.36. The molecule has 1 aromatic rings. The minimum absolute atomic E-state index is 0.000631. The van der Waals surface area contributed by atoms with Gasteiger partial charge in [0.1, 0.15) is 0 Å². The third-order valence-electron chi connectivity index (χ3n) is 4.03. The van der Waals surface area contributed by atoms with E-state index in [4.69, 9.17) is 5.73 Å². The zero-order chi connectivity index (χ0) is 16.2. The van der Waals surface area contributed by atoms with Crippen LogP contribution in [0.1, 0.15) is 58.7 Å². The van der Waals surface area contributed by atoms with Crippen LogP contribution in [0.2, 0.25) is 0 Å². The van der Waals surface area contributed by atoms with Crippen molar-refractivity contribution in [2.45, 2.75) is 53.0 Å². The van der Waals surface area contributed by atoms with E-state index in [1.54, 1.807) is 0 Å². The molecule has 0 bridgehead atoms. The molecule has 1 amide bonds. The Balaban J connectivity index is 2.76. The van der Waals surface area contributed by atoms with Crippen LogP contribution in [-0.2, 0) is 10.2 Å². The number of carbonyl (C=O) groups excluding carboxylic acids is 1. The van der Waals surface area contributed by atoms with Crippen LogP contribution in [0, 0.1) is 11.8 Å². The van der Waals surface area contributed by atoms with Crippen LogP contribution in [0.15, 0.2) is 24.3 Å². The van der Waals surface area contributed by atoms with Crippen LogP contribution in [0.4, 0.5) is 0 Å². The standard InChI is InChI=1S/C18H30N2O/c1-12(2)16(11-19)17(21)20-13(3)14-7-9-15(10-8-14)18(4,5)6/h7-10,12-13,16H,11,19H2,1-6H3,(H,20,21). The Morgan fingerprint density at radius 3 is 2.05 bits per heavy atom. The second kappa shape index (κ2) is 7.08. The van der Waals surface area contributed by atoms with Gasteiger partial charge in [-0.2, -0.15) is 0 Å². The molecule has 0 aliphatic carbocycles. The van der Waals surface area contributed by atoms with E-state index in [0.717, 1.165) is 5.56 Å². The molecule has 0 radical (unpaired) electrons. The summed E-state index contributed by atoms with van der Waals surface area (Å²) in [5, 5.41) is 3.07. The van der Waals surface area contributed by atoms with Crippen LogP contribution in [-0.4, -0.2) is 12.5 Å². The summed E-state index contributed by atoms with van der Waals surface area (Å²) in [5.41, 5.74) is 8.26. The van der Waals surface area contributed by atoms with Gasteiger partial charge in [-0.25, -0.2) is 0 Å². The summed E-state index contributed by atoms with van der Waals surface area (Å²) in [6, 6.07) is 8.47. The molecule has 0 saturated heterocycles. The number of hydrogen-bond acceptors (Lipinski definition) is 2. The first kappa shape index (κ1) is 17.7. The SMILES string of the molecule is CC(NC(=O)C(CN)C(C)C)c1ccc(C(C)(C)C)cc1. The molecule has 118 valence electrons. The molecule has 2 unspecified atom stereocenters. The molecule has 3 N–H and O–H groups in total. The van der Waals surface area contributed by atoms with E-state index in [1.807, 2.05) is 20.8 Å². The summed E-state index contributed by atoms with van der Waals surface area (Å²) in [7, 11) is 0. The maximum Gasteiger partial charge on any atom is 0.225 e. The Labute approximate surface area is 129 Å². The summed E-state index contributed by atoms with van der Waals surface area (Å²) >= 11 is 0. The predicted octanol–water partition coefficient (Wildman–Crippen LogP) is 3.39. The van der Waals surface area contributed by atoms with Crippen molar-refractivity contribution in [3.8, 4) is 0 Å². The second-order valence-electron chi connectivity index (χ2n) is 7.19. The number of hydrogen-bond donors (Lipinski definition) is 2. The lowest BCUT2D eigenvalue weighted by Crippen LogP contribution is -2.39. The molecule has 1 aromatic carbocycles. The molecule has 0 aliphatic rings. The summed E-state index contributed by atoms with van der Waals surface area (Å²) in [6.07, 6.45) is 0. The van der Waals surface area contributed by atoms with Gasteiger partial charge in [-0.3, -0.25) is 4.79 Å². The molecular formula is C18H30N2O. The van der Waals surface area contributed by atoms with E-state index in [0.29, 0.717) is 6.54 Å². The Hall–Kier alpha value is -1.35. The van der Waals surface area contributed by atoms with Crippen molar-refractivity contribution < 1.29 is 4.79 Å². The quantitative estimate of drug-likeness (QED) is 0.873. The van der Waals surface area contributed by atoms with Gasteiger partial charge in [0.25, 0.3) is 0 Å². The predicted molar refractivity (Wildman–Crippen MR) is 89.1 cm³/mol. The second-order valence-corrected chi connectivity index (χ2v) is 7.19. The van der Waals surface area contributed by atoms with Gasteiger partial charge in [-0.05, 0) is 29.4 Å². The van der Waals surface area contributed by atoms with Gasteiger partial charge in [-0.15, -0.1) is 0 Å². The van der Waals surface area contributed by atoms with Crippen molar-refractivity contribution in [1.82, 2.24) is 5.32 Å². The third kappa shape index (κ3) is 4.85. The third-order valence-corrected chi connectivity index (χ3v) is 4.03. The zero-order valence-electron chi connectivity index (χ0n) is 14.2. The minimum atomic E-state index is -0.124. The molecule has 0 fully saturated rings. The molecule has 21 heavy (non-hydrogen) atoms. The first-order valence-electron chi connectivity index (χ1n) is 7.77. The van der Waals surface area contributed by atoms with Crippen LogP contribution in [0.25, 0.3) is 0 Å². The summed E-state index contributed by atoms with van der Waals surface area (Å²) < 4.78 is 0. The fourth-order valence-corrected chi connectivity index (χ4v) is 2.36. The van der Waals surface area contributed by atoms with Gasteiger partial charge in [0.2, 0.25) is 5.91 Å². The number of carbonyl (C=O) groups is 1. The van der Waals surface area contributed by atoms with Crippen LogP contribution in [0.3, 0.4) is 0 Å². The summed E-state index contributed by atoms with van der Waals surface area (Å²) in [6.45, 7) is 13.0. The van der Waals surface area contributed by atoms with E-state index in [1.165, 1.54) is 5.56 Å². The summed E-state index contributed by atoms with van der Waals surface area (Å²) in [5.74, 6) is 0.173. The molecule has 2 atom stereocenters. The van der Waals surface area contributed by atoms with Crippen molar-refractivity contribution >= 4 is 5.91 Å². The Morgan fingerprint density at radius 2 is 1.67 bits per heavy atom. The molecular weight excluding hydrogens is 260 g/mol. The highest BCUT2D eigenvalue weighted by Crippen LogP contribution is 2.24. The average Bonchev–Trinajstić information content (AvgIpc) is 2.38. The average molecular weight is 290 g/mol. The largest absolute Gasteiger partial charge is 0.349 e. The number of rotatable bonds is 5. The van der Waals surface area contributed by atoms with Crippen molar-refractivity contribution in [3.63, 3.8) is 0 Å². The molecule has 0 aliphatic heterocycles. The normalized spacial score (nSPS) is 14.9. The smallest absolute Gasteiger partial charge is 0.225 e. The van der Waals surface area contributed by atoms with Gasteiger partial charge in [0.05, 0.1) is 12.0 Å². The summed E-state index contributed by atoms with van der Waals surface area (Å²) in [4.78, 5) is 12.2. The fraction of sp³-hybridized carbons (Fsp3) is 0.611. The highest BCUT2D eigenvalue weighted by Gasteiger charge is 2.22. The van der Waals surface area contributed by atoms with Crippen molar-refractivity contribution in [2.24, 2.45) is 17.6 Å². The Morgan fingerprint density at radius 1 is 1.14 bits per heavy atom. The Kier molecular flexibility index (Phi) is 5.97. The van der Waals surface area contributed by atoms with Gasteiger partial charge in [0, 0.05) is 6.54 Å². The monoisotopic (exact) mass is 290 g/mol. The lowest BCUT2D eigenvalue weighted by molar-refractivity contribution is -0.126. The van der Waals surface area contributed by atoms with E-state index in [2.05, 4.69) is 50.4 Å². The molecule has 0 saturated carbocycles. The van der Waals surface area contributed by atoms with Crippen LogP contribution >= 0.6 is 0 Å². The highest BCUT2D eigenvalue weighted by atomic mass is 16.2. The Bertz CT molecular complexity index is 457. The van der Waals surface area contributed by atoms with E-state index in [-0.39, 0.29) is 29.2 Å². The first-order valence-corrected chi connectivity index (χ1v) is 7.77. The number of nitrogens with one attached hydrogen (secondary N) is 1.